The lowest BCUT2D eigenvalue weighted by molar-refractivity contribution is -0.156. The third-order valence-electron chi connectivity index (χ3n) is 6.28. The third-order valence-corrected chi connectivity index (χ3v) is 6.28. The van der Waals surface area contributed by atoms with Crippen LogP contribution in [0.3, 0.4) is 0 Å². The number of rotatable bonds is 1. The summed E-state index contributed by atoms with van der Waals surface area (Å²) in [7, 11) is 0. The van der Waals surface area contributed by atoms with Gasteiger partial charge >= 0.3 is 12.4 Å². The summed E-state index contributed by atoms with van der Waals surface area (Å²) in [4.78, 5) is 11.2. The SMILES string of the molecule is FC(F)(F)c1ccccc1-c1cc2c3c(c1)[C@@H]1CNC[C@@H]1CN3CCC2.O=CC(F)(F)F. The van der Waals surface area contributed by atoms with E-state index in [4.69, 9.17) is 4.79 Å². The van der Waals surface area contributed by atoms with Crippen LogP contribution in [0.1, 0.15) is 29.0 Å². The second kappa shape index (κ2) is 8.42. The highest BCUT2D eigenvalue weighted by atomic mass is 19.4. The summed E-state index contributed by atoms with van der Waals surface area (Å²) in [5.74, 6) is 0.970. The summed E-state index contributed by atoms with van der Waals surface area (Å²) in [6.45, 7) is 4.05. The van der Waals surface area contributed by atoms with Crippen LogP contribution in [0, 0.1) is 5.92 Å². The Labute approximate surface area is 181 Å². The number of aryl methyl sites for hydroxylation is 1. The van der Waals surface area contributed by atoms with Crippen LogP contribution in [0.25, 0.3) is 11.1 Å². The minimum Gasteiger partial charge on any atom is -0.371 e. The molecule has 9 heteroatoms. The van der Waals surface area contributed by atoms with Gasteiger partial charge in [0.1, 0.15) is 0 Å². The van der Waals surface area contributed by atoms with E-state index in [0.717, 1.165) is 39.0 Å². The number of fused-ring (bicyclic) bond motifs is 2. The molecule has 172 valence electrons. The number of carbonyl (C=O) groups is 1. The molecule has 32 heavy (non-hydrogen) atoms. The highest BCUT2D eigenvalue weighted by molar-refractivity contribution is 5.76. The fraction of sp³-hybridized carbons (Fsp3) is 0.435. The van der Waals surface area contributed by atoms with Crippen molar-refractivity contribution in [3.63, 3.8) is 0 Å². The lowest BCUT2D eigenvalue weighted by Crippen LogP contribution is -2.41. The molecular formula is C23H22F6N2O. The van der Waals surface area contributed by atoms with E-state index in [9.17, 15) is 26.3 Å². The van der Waals surface area contributed by atoms with Crippen molar-refractivity contribution in [1.82, 2.24) is 5.32 Å². The molecule has 0 amide bonds. The third kappa shape index (κ3) is 4.48. The molecule has 0 aromatic heterocycles. The van der Waals surface area contributed by atoms with E-state index in [2.05, 4.69) is 10.2 Å². The number of nitrogens with one attached hydrogen (secondary N) is 1. The average Bonchev–Trinajstić information content (AvgIpc) is 3.22. The van der Waals surface area contributed by atoms with Gasteiger partial charge in [-0.3, -0.25) is 4.79 Å². The number of aldehydes is 1. The molecule has 3 heterocycles. The molecule has 2 atom stereocenters. The largest absolute Gasteiger partial charge is 0.446 e. The number of hydrogen-bond acceptors (Lipinski definition) is 3. The molecule has 3 nitrogen and oxygen atoms in total. The van der Waals surface area contributed by atoms with E-state index in [1.807, 2.05) is 12.1 Å². The summed E-state index contributed by atoms with van der Waals surface area (Å²) in [6.07, 6.45) is -8.02. The van der Waals surface area contributed by atoms with Crippen LogP contribution >= 0.6 is 0 Å². The first-order valence-corrected chi connectivity index (χ1v) is 10.4. The van der Waals surface area contributed by atoms with Gasteiger partial charge < -0.3 is 10.2 Å². The normalized spacial score (nSPS) is 21.9. The topological polar surface area (TPSA) is 32.3 Å². The smallest absolute Gasteiger partial charge is 0.371 e. The molecule has 0 radical (unpaired) electrons. The molecule has 1 N–H and O–H groups in total. The fourth-order valence-corrected chi connectivity index (χ4v) is 5.04. The number of anilines is 1. The van der Waals surface area contributed by atoms with Crippen LogP contribution < -0.4 is 10.2 Å². The lowest BCUT2D eigenvalue weighted by atomic mass is 9.78. The lowest BCUT2D eigenvalue weighted by Gasteiger charge is -2.42. The fourth-order valence-electron chi connectivity index (χ4n) is 5.04. The van der Waals surface area contributed by atoms with E-state index >= 15 is 0 Å². The first-order chi connectivity index (χ1) is 15.1. The van der Waals surface area contributed by atoms with E-state index in [1.165, 1.54) is 28.9 Å². The molecule has 0 unspecified atom stereocenters. The Bertz CT molecular complexity index is 1000. The van der Waals surface area contributed by atoms with Crippen molar-refractivity contribution < 1.29 is 31.1 Å². The van der Waals surface area contributed by atoms with Crippen LogP contribution in [0.2, 0.25) is 0 Å². The Hall–Kier alpha value is -2.55. The number of hydrogen-bond donors (Lipinski definition) is 1. The standard InChI is InChI=1S/C21H21F3N2.C2HF3O/c22-21(23,24)19-6-2-1-5-16(19)14-8-13-4-3-7-26-12-15-10-25-11-18(15)17(9-14)20(13)26;3-2(4,5)1-6/h1-2,5-6,8-9,15,18,25H,3-4,7,10-12H2;1H/t15-,18-;/m1./s1. The molecule has 2 aromatic rings. The number of carbonyl (C=O) groups excluding carboxylic acids is 1. The van der Waals surface area contributed by atoms with E-state index in [-0.39, 0.29) is 0 Å². The predicted molar refractivity (Wildman–Crippen MR) is 109 cm³/mol. The summed E-state index contributed by atoms with van der Waals surface area (Å²) >= 11 is 0. The van der Waals surface area contributed by atoms with E-state index in [0.29, 0.717) is 23.0 Å². The molecule has 0 bridgehead atoms. The van der Waals surface area contributed by atoms with Gasteiger partial charge in [-0.15, -0.1) is 0 Å². The molecule has 1 fully saturated rings. The van der Waals surface area contributed by atoms with Gasteiger partial charge in [-0.05, 0) is 59.2 Å². The first-order valence-electron chi connectivity index (χ1n) is 10.4. The van der Waals surface area contributed by atoms with Gasteiger partial charge in [0, 0.05) is 37.8 Å². The monoisotopic (exact) mass is 456 g/mol. The zero-order valence-electron chi connectivity index (χ0n) is 17.1. The number of nitrogens with zero attached hydrogens (tertiary/aromatic N) is 1. The Kier molecular flexibility index (Phi) is 5.96. The molecular weight excluding hydrogens is 434 g/mol. The van der Waals surface area contributed by atoms with Crippen LogP contribution in [0.5, 0.6) is 0 Å². The van der Waals surface area contributed by atoms with Gasteiger partial charge in [-0.1, -0.05) is 18.2 Å². The maximum Gasteiger partial charge on any atom is 0.446 e. The highest BCUT2D eigenvalue weighted by Crippen LogP contribution is 2.47. The van der Waals surface area contributed by atoms with Gasteiger partial charge in [-0.25, -0.2) is 0 Å². The summed E-state index contributed by atoms with van der Waals surface area (Å²) in [5, 5.41) is 3.48. The van der Waals surface area contributed by atoms with Crippen molar-refractivity contribution in [3.05, 3.63) is 53.1 Å². The maximum atomic E-state index is 13.5. The molecule has 1 saturated heterocycles. The maximum absolute atomic E-state index is 13.5. The van der Waals surface area contributed by atoms with Gasteiger partial charge in [0.05, 0.1) is 5.56 Å². The molecule has 2 aromatic carbocycles. The van der Waals surface area contributed by atoms with Gasteiger partial charge in [0.2, 0.25) is 6.29 Å². The molecule has 5 rings (SSSR count). The minimum absolute atomic E-state index is 0.296. The van der Waals surface area contributed by atoms with Gasteiger partial charge in [-0.2, -0.15) is 26.3 Å². The Morgan fingerprint density at radius 2 is 1.75 bits per heavy atom. The Morgan fingerprint density at radius 3 is 2.44 bits per heavy atom. The molecule has 3 aliphatic heterocycles. The van der Waals surface area contributed by atoms with Crippen molar-refractivity contribution in [2.24, 2.45) is 5.92 Å². The number of alkyl halides is 6. The van der Waals surface area contributed by atoms with E-state index < -0.39 is 24.2 Å². The van der Waals surface area contributed by atoms with Crippen LogP contribution in [-0.4, -0.2) is 38.6 Å². The first kappa shape index (κ1) is 22.6. The van der Waals surface area contributed by atoms with Gasteiger partial charge in [0.25, 0.3) is 0 Å². The number of halogens is 6. The second-order valence-corrected chi connectivity index (χ2v) is 8.35. The summed E-state index contributed by atoms with van der Waals surface area (Å²) in [5.41, 5.74) is 4.22. The second-order valence-electron chi connectivity index (χ2n) is 8.35. The molecule has 0 aliphatic carbocycles. The van der Waals surface area contributed by atoms with Crippen molar-refractivity contribution in [2.45, 2.75) is 31.1 Å². The van der Waals surface area contributed by atoms with Gasteiger partial charge in [0.15, 0.2) is 0 Å². The quantitative estimate of drug-likeness (QED) is 0.474. The van der Waals surface area contributed by atoms with Crippen LogP contribution in [0.4, 0.5) is 32.0 Å². The van der Waals surface area contributed by atoms with Crippen molar-refractivity contribution >= 4 is 12.0 Å². The minimum atomic E-state index is -4.64. The predicted octanol–water partition coefficient (Wildman–Crippen LogP) is 5.19. The van der Waals surface area contributed by atoms with Crippen molar-refractivity contribution in [2.75, 3.05) is 31.1 Å². The zero-order chi connectivity index (χ0) is 23.1. The van der Waals surface area contributed by atoms with Crippen LogP contribution in [0.15, 0.2) is 36.4 Å². The average molecular weight is 456 g/mol. The Morgan fingerprint density at radius 1 is 1.03 bits per heavy atom. The summed E-state index contributed by atoms with van der Waals surface area (Å²) < 4.78 is 71.8. The molecule has 0 spiro atoms. The highest BCUT2D eigenvalue weighted by Gasteiger charge is 2.40. The van der Waals surface area contributed by atoms with Crippen LogP contribution in [-0.2, 0) is 17.4 Å². The zero-order valence-corrected chi connectivity index (χ0v) is 17.1. The summed E-state index contributed by atoms with van der Waals surface area (Å²) in [6, 6.07) is 9.98. The molecule has 3 aliphatic rings. The molecule has 0 saturated carbocycles. The van der Waals surface area contributed by atoms with Crippen molar-refractivity contribution in [1.29, 1.82) is 0 Å². The van der Waals surface area contributed by atoms with E-state index in [1.54, 1.807) is 12.1 Å². The number of benzene rings is 2. The Balaban J connectivity index is 0.000000363. The van der Waals surface area contributed by atoms with Crippen molar-refractivity contribution in [3.8, 4) is 11.1 Å².